The van der Waals surface area contributed by atoms with Crippen molar-refractivity contribution in [2.45, 2.75) is 18.3 Å². The lowest BCUT2D eigenvalue weighted by molar-refractivity contribution is 0.392. The average molecular weight is 207 g/mol. The van der Waals surface area contributed by atoms with Crippen molar-refractivity contribution in [2.75, 3.05) is 20.8 Å². The molecule has 1 aliphatic rings. The van der Waals surface area contributed by atoms with E-state index >= 15 is 0 Å². The van der Waals surface area contributed by atoms with Crippen molar-refractivity contribution in [3.63, 3.8) is 0 Å². The van der Waals surface area contributed by atoms with E-state index in [9.17, 15) is 0 Å². The van der Waals surface area contributed by atoms with Crippen LogP contribution in [-0.2, 0) is 5.41 Å². The molecule has 0 unspecified atom stereocenters. The lowest BCUT2D eigenvalue weighted by Crippen LogP contribution is -2.19. The van der Waals surface area contributed by atoms with Crippen LogP contribution in [0, 0.1) is 0 Å². The summed E-state index contributed by atoms with van der Waals surface area (Å²) in [6.07, 6.45) is 2.33. The second kappa shape index (κ2) is 3.74. The van der Waals surface area contributed by atoms with Crippen molar-refractivity contribution in [3.8, 4) is 11.5 Å². The van der Waals surface area contributed by atoms with Crippen LogP contribution in [0.15, 0.2) is 18.2 Å². The van der Waals surface area contributed by atoms with Gasteiger partial charge in [0.1, 0.15) is 11.5 Å². The van der Waals surface area contributed by atoms with E-state index in [-0.39, 0.29) is 5.41 Å². The molecule has 0 heterocycles. The van der Waals surface area contributed by atoms with Gasteiger partial charge in [0.05, 0.1) is 14.2 Å². The Morgan fingerprint density at radius 2 is 1.67 bits per heavy atom. The van der Waals surface area contributed by atoms with Gasteiger partial charge in [-0.25, -0.2) is 0 Å². The van der Waals surface area contributed by atoms with Crippen LogP contribution >= 0.6 is 0 Å². The third-order valence-corrected chi connectivity index (χ3v) is 3.21. The van der Waals surface area contributed by atoms with E-state index in [0.29, 0.717) is 6.54 Å². The molecule has 0 bridgehead atoms. The first-order chi connectivity index (χ1) is 7.24. The first kappa shape index (κ1) is 10.3. The van der Waals surface area contributed by atoms with Crippen LogP contribution < -0.4 is 15.2 Å². The Balaban J connectivity index is 2.38. The van der Waals surface area contributed by atoms with E-state index in [1.54, 1.807) is 14.2 Å². The summed E-state index contributed by atoms with van der Waals surface area (Å²) in [5, 5.41) is 0. The summed E-state index contributed by atoms with van der Waals surface area (Å²) in [6, 6.07) is 6.00. The molecular weight excluding hydrogens is 190 g/mol. The number of hydrogen-bond acceptors (Lipinski definition) is 3. The van der Waals surface area contributed by atoms with Crippen LogP contribution in [0.2, 0.25) is 0 Å². The van der Waals surface area contributed by atoms with Gasteiger partial charge in [-0.3, -0.25) is 0 Å². The quantitative estimate of drug-likeness (QED) is 0.817. The van der Waals surface area contributed by atoms with Crippen LogP contribution in [0.5, 0.6) is 11.5 Å². The molecule has 1 aliphatic carbocycles. The van der Waals surface area contributed by atoms with Gasteiger partial charge in [0, 0.05) is 18.0 Å². The molecule has 82 valence electrons. The van der Waals surface area contributed by atoms with E-state index in [1.165, 1.54) is 18.4 Å². The summed E-state index contributed by atoms with van der Waals surface area (Å²) in [6.45, 7) is 0.698. The lowest BCUT2D eigenvalue weighted by atomic mass is 9.96. The molecule has 0 saturated heterocycles. The highest BCUT2D eigenvalue weighted by molar-refractivity contribution is 5.44. The molecule has 1 aromatic carbocycles. The van der Waals surface area contributed by atoms with Crippen LogP contribution in [-0.4, -0.2) is 20.8 Å². The number of rotatable bonds is 4. The molecule has 0 spiro atoms. The summed E-state index contributed by atoms with van der Waals surface area (Å²) < 4.78 is 10.5. The SMILES string of the molecule is COc1cc(OC)cc(C2(CN)CC2)c1. The molecule has 0 aliphatic heterocycles. The number of benzene rings is 1. The zero-order valence-corrected chi connectivity index (χ0v) is 9.25. The molecule has 0 atom stereocenters. The van der Waals surface area contributed by atoms with Gasteiger partial charge in [-0.05, 0) is 30.5 Å². The summed E-state index contributed by atoms with van der Waals surface area (Å²) in [7, 11) is 3.33. The molecule has 0 aromatic heterocycles. The predicted molar refractivity (Wildman–Crippen MR) is 59.5 cm³/mol. The van der Waals surface area contributed by atoms with Crippen molar-refractivity contribution < 1.29 is 9.47 Å². The fourth-order valence-electron chi connectivity index (χ4n) is 1.88. The van der Waals surface area contributed by atoms with Crippen LogP contribution in [0.3, 0.4) is 0 Å². The van der Waals surface area contributed by atoms with Crippen molar-refractivity contribution in [3.05, 3.63) is 23.8 Å². The zero-order valence-electron chi connectivity index (χ0n) is 9.25. The van der Waals surface area contributed by atoms with E-state index in [1.807, 2.05) is 6.07 Å². The fraction of sp³-hybridized carbons (Fsp3) is 0.500. The lowest BCUT2D eigenvalue weighted by Gasteiger charge is -2.15. The Hall–Kier alpha value is -1.22. The Labute approximate surface area is 90.2 Å². The number of nitrogens with two attached hydrogens (primary N) is 1. The van der Waals surface area contributed by atoms with Crippen LogP contribution in [0.1, 0.15) is 18.4 Å². The van der Waals surface area contributed by atoms with E-state index in [0.717, 1.165) is 11.5 Å². The van der Waals surface area contributed by atoms with Crippen molar-refractivity contribution in [1.82, 2.24) is 0 Å². The second-order valence-electron chi connectivity index (χ2n) is 4.09. The third kappa shape index (κ3) is 1.79. The molecular formula is C12H17NO2. The maximum atomic E-state index is 5.80. The molecule has 1 aromatic rings. The van der Waals surface area contributed by atoms with Crippen molar-refractivity contribution in [1.29, 1.82) is 0 Å². The highest BCUT2D eigenvalue weighted by Crippen LogP contribution is 2.48. The minimum absolute atomic E-state index is 0.182. The van der Waals surface area contributed by atoms with Gasteiger partial charge < -0.3 is 15.2 Å². The number of ether oxygens (including phenoxy) is 2. The molecule has 0 amide bonds. The van der Waals surface area contributed by atoms with Gasteiger partial charge in [-0.2, -0.15) is 0 Å². The molecule has 2 rings (SSSR count). The fourth-order valence-corrected chi connectivity index (χ4v) is 1.88. The summed E-state index contributed by atoms with van der Waals surface area (Å²) in [5.74, 6) is 1.67. The Bertz CT molecular complexity index is 336. The molecule has 3 heteroatoms. The van der Waals surface area contributed by atoms with Gasteiger partial charge in [-0.15, -0.1) is 0 Å². The Morgan fingerprint density at radius 1 is 1.13 bits per heavy atom. The van der Waals surface area contributed by atoms with Crippen LogP contribution in [0.25, 0.3) is 0 Å². The largest absolute Gasteiger partial charge is 0.497 e. The normalized spacial score (nSPS) is 17.3. The minimum Gasteiger partial charge on any atom is -0.497 e. The van der Waals surface area contributed by atoms with Gasteiger partial charge in [0.25, 0.3) is 0 Å². The zero-order chi connectivity index (χ0) is 10.9. The average Bonchev–Trinajstić information content (AvgIpc) is 3.09. The van der Waals surface area contributed by atoms with E-state index in [2.05, 4.69) is 12.1 Å². The van der Waals surface area contributed by atoms with Gasteiger partial charge >= 0.3 is 0 Å². The van der Waals surface area contributed by atoms with Crippen molar-refractivity contribution in [2.24, 2.45) is 5.73 Å². The number of methoxy groups -OCH3 is 2. The van der Waals surface area contributed by atoms with Gasteiger partial charge in [-0.1, -0.05) is 0 Å². The number of hydrogen-bond donors (Lipinski definition) is 1. The second-order valence-corrected chi connectivity index (χ2v) is 4.09. The Morgan fingerprint density at radius 3 is 2.00 bits per heavy atom. The molecule has 1 saturated carbocycles. The maximum absolute atomic E-state index is 5.80. The third-order valence-electron chi connectivity index (χ3n) is 3.21. The monoisotopic (exact) mass is 207 g/mol. The highest BCUT2D eigenvalue weighted by Gasteiger charge is 2.43. The van der Waals surface area contributed by atoms with Gasteiger partial charge in [0.15, 0.2) is 0 Å². The van der Waals surface area contributed by atoms with E-state index in [4.69, 9.17) is 15.2 Å². The predicted octanol–water partition coefficient (Wildman–Crippen LogP) is 1.69. The summed E-state index contributed by atoms with van der Waals surface area (Å²) in [5.41, 5.74) is 7.22. The molecule has 3 nitrogen and oxygen atoms in total. The Kier molecular flexibility index (Phi) is 2.57. The van der Waals surface area contributed by atoms with Crippen LogP contribution in [0.4, 0.5) is 0 Å². The van der Waals surface area contributed by atoms with Gasteiger partial charge in [0.2, 0.25) is 0 Å². The summed E-state index contributed by atoms with van der Waals surface area (Å²) in [4.78, 5) is 0. The molecule has 0 radical (unpaired) electrons. The first-order valence-corrected chi connectivity index (χ1v) is 5.18. The molecule has 15 heavy (non-hydrogen) atoms. The summed E-state index contributed by atoms with van der Waals surface area (Å²) >= 11 is 0. The highest BCUT2D eigenvalue weighted by atomic mass is 16.5. The smallest absolute Gasteiger partial charge is 0.122 e. The standard InChI is InChI=1S/C12H17NO2/c1-14-10-5-9(6-11(7-10)15-2)12(8-13)3-4-12/h5-7H,3-4,8,13H2,1-2H3. The van der Waals surface area contributed by atoms with Crippen molar-refractivity contribution >= 4 is 0 Å². The maximum Gasteiger partial charge on any atom is 0.122 e. The minimum atomic E-state index is 0.182. The molecule has 1 fully saturated rings. The first-order valence-electron chi connectivity index (χ1n) is 5.18. The topological polar surface area (TPSA) is 44.5 Å². The van der Waals surface area contributed by atoms with E-state index < -0.39 is 0 Å². The molecule has 2 N–H and O–H groups in total.